The molecule has 1 aliphatic carbocycles. The van der Waals surface area contributed by atoms with E-state index in [4.69, 9.17) is 0 Å². The molecule has 0 spiro atoms. The SMILES string of the molecule is C=C=C=C=C=C=C=CC1(CCCCCCCC)c2cc(-c3ccc(O)c(C=NCCCCCC)c3)ccc2-c2ccc(-c3ccc(O)c(C=NCCCCCC)c3)cc21.[HH].[HH].[HH].[HH].[HH].[HH].[HH].[HH].[Ir].[Ir].[c-]1ccccc1-c1ccccn1.[c-]1ccccc1-c1ccccn1. The summed E-state index contributed by atoms with van der Waals surface area (Å²) in [7, 11) is 0. The second-order valence-corrected chi connectivity index (χ2v) is 20.7. The van der Waals surface area contributed by atoms with Gasteiger partial charge in [0.15, 0.2) is 0 Å². The molecule has 0 bridgehead atoms. The zero-order valence-electron chi connectivity index (χ0n) is 49.5. The minimum atomic E-state index is -0.506. The van der Waals surface area contributed by atoms with Crippen molar-refractivity contribution in [1.29, 1.82) is 0 Å². The molecule has 454 valence electrons. The smallest absolute Gasteiger partial charge is 0.124 e. The number of benzene rings is 6. The molecule has 6 aromatic carbocycles. The van der Waals surface area contributed by atoms with Gasteiger partial charge in [-0.15, -0.1) is 71.8 Å². The van der Waals surface area contributed by atoms with Crippen molar-refractivity contribution in [3.05, 3.63) is 252 Å². The van der Waals surface area contributed by atoms with Crippen LogP contribution in [0.2, 0.25) is 0 Å². The van der Waals surface area contributed by atoms with E-state index in [-0.39, 0.29) is 63.1 Å². The Morgan fingerprint density at radius 2 is 0.929 bits per heavy atom. The van der Waals surface area contributed by atoms with E-state index >= 15 is 0 Å². The van der Waals surface area contributed by atoms with E-state index in [2.05, 4.69) is 136 Å². The van der Waals surface area contributed by atoms with Crippen LogP contribution in [-0.4, -0.2) is 45.7 Å². The molecular formula is C77H94Ir2N4O2-2. The van der Waals surface area contributed by atoms with Crippen LogP contribution in [0.1, 0.15) is 151 Å². The molecule has 1 aliphatic rings. The minimum absolute atomic E-state index is 0. The average molecular weight is 1490 g/mol. The van der Waals surface area contributed by atoms with Crippen molar-refractivity contribution in [2.24, 2.45) is 9.98 Å². The van der Waals surface area contributed by atoms with E-state index in [1.54, 1.807) is 24.5 Å². The topological polar surface area (TPSA) is 91.0 Å². The zero-order chi connectivity index (χ0) is 58.2. The summed E-state index contributed by atoms with van der Waals surface area (Å²) < 4.78 is 0. The predicted molar refractivity (Wildman–Crippen MR) is 363 cm³/mol. The number of hydrogen-bond donors (Lipinski definition) is 2. The van der Waals surface area contributed by atoms with Gasteiger partial charge in [0.05, 0.1) is 0 Å². The Hall–Kier alpha value is -7.72. The quantitative estimate of drug-likeness (QED) is 0.0273. The van der Waals surface area contributed by atoms with Gasteiger partial charge in [-0.05, 0) is 159 Å². The zero-order valence-corrected chi connectivity index (χ0v) is 54.3. The number of aromatic nitrogens is 2. The number of aliphatic imine (C=N–C) groups is 2. The number of rotatable bonds is 24. The van der Waals surface area contributed by atoms with Crippen molar-refractivity contribution >= 4 is 12.4 Å². The third-order valence-corrected chi connectivity index (χ3v) is 14.6. The molecule has 8 aromatic rings. The van der Waals surface area contributed by atoms with Gasteiger partial charge >= 0.3 is 0 Å². The molecule has 0 saturated carbocycles. The van der Waals surface area contributed by atoms with Crippen molar-refractivity contribution in [3.63, 3.8) is 0 Å². The van der Waals surface area contributed by atoms with Crippen LogP contribution in [0, 0.1) is 12.1 Å². The van der Waals surface area contributed by atoms with Gasteiger partial charge in [0, 0.05) is 106 Å². The summed E-state index contributed by atoms with van der Waals surface area (Å²) in [5.41, 5.74) is 31.4. The second-order valence-electron chi connectivity index (χ2n) is 20.7. The fourth-order valence-electron chi connectivity index (χ4n) is 10.2. The Kier molecular flexibility index (Phi) is 30.6. The third-order valence-electron chi connectivity index (χ3n) is 14.6. The summed E-state index contributed by atoms with van der Waals surface area (Å²) >= 11 is 0. The largest absolute Gasteiger partial charge is 0.507 e. The van der Waals surface area contributed by atoms with Crippen LogP contribution in [0.15, 0.2) is 227 Å². The molecule has 2 radical (unpaired) electrons. The van der Waals surface area contributed by atoms with E-state index in [0.29, 0.717) is 0 Å². The van der Waals surface area contributed by atoms with Gasteiger partial charge < -0.3 is 20.2 Å². The predicted octanol–water partition coefficient (Wildman–Crippen LogP) is 21.6. The Morgan fingerprint density at radius 1 is 0.494 bits per heavy atom. The number of pyridine rings is 2. The maximum Gasteiger partial charge on any atom is 0.124 e. The van der Waals surface area contributed by atoms with Crippen LogP contribution < -0.4 is 0 Å². The van der Waals surface area contributed by atoms with Crippen LogP contribution in [0.4, 0.5) is 0 Å². The molecule has 9 rings (SSSR count). The fraction of sp³-hybridized carbons (Fsp3) is 0.273. The van der Waals surface area contributed by atoms with Crippen molar-refractivity contribution in [1.82, 2.24) is 9.97 Å². The van der Waals surface area contributed by atoms with Crippen molar-refractivity contribution in [2.75, 3.05) is 13.1 Å². The van der Waals surface area contributed by atoms with Gasteiger partial charge in [-0.3, -0.25) is 9.98 Å². The van der Waals surface area contributed by atoms with Crippen molar-refractivity contribution in [2.45, 2.75) is 122 Å². The molecule has 0 aliphatic heterocycles. The van der Waals surface area contributed by atoms with Gasteiger partial charge in [0.25, 0.3) is 0 Å². The van der Waals surface area contributed by atoms with Crippen LogP contribution in [0.25, 0.3) is 55.9 Å². The summed E-state index contributed by atoms with van der Waals surface area (Å²) in [5.74, 6) is 0.460. The minimum Gasteiger partial charge on any atom is -0.507 e. The monoisotopic (exact) mass is 1490 g/mol. The van der Waals surface area contributed by atoms with E-state index in [9.17, 15) is 10.2 Å². The number of aromatic hydroxyl groups is 2. The van der Waals surface area contributed by atoms with Crippen LogP contribution in [-0.2, 0) is 45.6 Å². The summed E-state index contributed by atoms with van der Waals surface area (Å²) in [4.78, 5) is 17.8. The second kappa shape index (κ2) is 38.3. The van der Waals surface area contributed by atoms with Gasteiger partial charge in [0.2, 0.25) is 0 Å². The molecule has 0 saturated heterocycles. The number of allylic oxidation sites excluding steroid dienone is 1. The Morgan fingerprint density at radius 3 is 1.38 bits per heavy atom. The van der Waals surface area contributed by atoms with Crippen LogP contribution in [0.3, 0.4) is 0 Å². The number of nitrogens with zero attached hydrogens (tertiary/aromatic N) is 4. The Labute approximate surface area is 545 Å². The number of phenolic OH excluding ortho intramolecular Hbond substituents is 2. The van der Waals surface area contributed by atoms with Gasteiger partial charge in [-0.2, -0.15) is 0 Å². The fourth-order valence-corrected chi connectivity index (χ4v) is 10.2. The molecule has 2 N–H and O–H groups in total. The summed E-state index contributed by atoms with van der Waals surface area (Å²) in [5, 5.41) is 21.6. The maximum atomic E-state index is 10.8. The standard InChI is InChI=1S/C55H62N2O2.2C11H8N.2Ir.8H2/c1-5-9-13-17-19-21-33-55(34-22-20-18-14-10-6-2)51-39-45(43-27-31-53(58)47(37-43)41-56-35-23-15-11-7-3)25-29-49(51)50-30-26-46(40-52(50)55)44-28-32-54(59)48(38-44)42-57-36-24-16-12-8-4;2*1-2-6-10(7-3-1)11-8-4-5-9-12-11;;;;;;;;;;/h25-33,37-42,58-59H,1,6-8,10-12,14-16,18,20,22-24,34-36H2,2-4H3;2*1-6,8-9H;;;8*1H/q;2*-1;;;;;;;;;;. The van der Waals surface area contributed by atoms with E-state index in [1.165, 1.54) is 86.5 Å². The molecule has 0 fully saturated rings. The van der Waals surface area contributed by atoms with Crippen molar-refractivity contribution < 1.29 is 61.8 Å². The summed E-state index contributed by atoms with van der Waals surface area (Å²) in [6, 6.07) is 58.8. The molecular weight excluding hydrogens is 1400 g/mol. The molecule has 6 nitrogen and oxygen atoms in total. The molecule has 8 heteroatoms. The maximum absolute atomic E-state index is 10.8. The molecule has 85 heavy (non-hydrogen) atoms. The molecule has 2 heterocycles. The average Bonchev–Trinajstić information content (AvgIpc) is 1.57. The number of fused-ring (bicyclic) bond motifs is 3. The molecule has 0 atom stereocenters. The molecule has 2 aromatic heterocycles. The van der Waals surface area contributed by atoms with Gasteiger partial charge in [0.1, 0.15) is 11.5 Å². The van der Waals surface area contributed by atoms with E-state index in [1.807, 2.05) is 122 Å². The van der Waals surface area contributed by atoms with Crippen LogP contribution in [0.5, 0.6) is 11.5 Å². The number of hydrogen-bond acceptors (Lipinski definition) is 6. The molecule has 0 amide bonds. The van der Waals surface area contributed by atoms with E-state index in [0.717, 1.165) is 101 Å². The van der Waals surface area contributed by atoms with Gasteiger partial charge in [-0.1, -0.05) is 170 Å². The van der Waals surface area contributed by atoms with Crippen molar-refractivity contribution in [3.8, 4) is 67.4 Å². The normalized spacial score (nSPS) is 12.4. The van der Waals surface area contributed by atoms with Crippen LogP contribution >= 0.6 is 0 Å². The number of unbranched alkanes of at least 4 members (excludes halogenated alkanes) is 11. The third kappa shape index (κ3) is 20.8. The first-order valence-corrected chi connectivity index (χ1v) is 29.7. The first-order chi connectivity index (χ1) is 40.9. The Bertz CT molecular complexity index is 3370. The number of phenols is 2. The molecule has 0 unspecified atom stereocenters. The van der Waals surface area contributed by atoms with Gasteiger partial charge in [-0.25, -0.2) is 0 Å². The summed E-state index contributed by atoms with van der Waals surface area (Å²) in [6.45, 7) is 11.8. The first-order valence-electron chi connectivity index (χ1n) is 29.7. The van der Waals surface area contributed by atoms with E-state index < -0.39 is 5.41 Å². The first kappa shape index (κ1) is 68.1. The summed E-state index contributed by atoms with van der Waals surface area (Å²) in [6.07, 6.45) is 26.6. The Balaban J connectivity index is -0.000000967.